The molecule has 2 heteroatoms. The maximum Gasteiger partial charge on any atom is 0.0450 e. The third-order valence-electron chi connectivity index (χ3n) is 2.95. The lowest BCUT2D eigenvalue weighted by atomic mass is 9.85. The first-order chi connectivity index (χ1) is 7.45. The first-order valence-corrected chi connectivity index (χ1v) is 6.29. The Balaban J connectivity index is 2.60. The standard InChI is InChI=1S/C14H22ClN/c1-5-13(14(2,3)4)16-10-11-8-6-7-9-12(11)15/h6-9,13,16H,5,10H2,1-4H3. The van der Waals surface area contributed by atoms with Gasteiger partial charge in [0, 0.05) is 17.6 Å². The molecule has 0 aliphatic rings. The second-order valence-corrected chi connectivity index (χ2v) is 5.71. The van der Waals surface area contributed by atoms with Crippen molar-refractivity contribution in [2.75, 3.05) is 0 Å². The van der Waals surface area contributed by atoms with E-state index in [1.165, 1.54) is 5.56 Å². The van der Waals surface area contributed by atoms with Gasteiger partial charge in [-0.15, -0.1) is 0 Å². The van der Waals surface area contributed by atoms with E-state index in [0.29, 0.717) is 6.04 Å². The molecule has 1 unspecified atom stereocenters. The summed E-state index contributed by atoms with van der Waals surface area (Å²) in [6.07, 6.45) is 1.13. The first-order valence-electron chi connectivity index (χ1n) is 5.92. The van der Waals surface area contributed by atoms with Crippen LogP contribution in [0.5, 0.6) is 0 Å². The molecular formula is C14H22ClN. The SMILES string of the molecule is CCC(NCc1ccccc1Cl)C(C)(C)C. The summed E-state index contributed by atoms with van der Waals surface area (Å²) in [6, 6.07) is 8.53. The molecule has 0 aromatic heterocycles. The molecule has 0 aliphatic heterocycles. The second-order valence-electron chi connectivity index (χ2n) is 5.30. The van der Waals surface area contributed by atoms with Gasteiger partial charge in [-0.05, 0) is 23.5 Å². The highest BCUT2D eigenvalue weighted by molar-refractivity contribution is 6.31. The van der Waals surface area contributed by atoms with Gasteiger partial charge in [-0.25, -0.2) is 0 Å². The molecule has 1 N–H and O–H groups in total. The lowest BCUT2D eigenvalue weighted by molar-refractivity contribution is 0.259. The zero-order chi connectivity index (χ0) is 12.2. The van der Waals surface area contributed by atoms with Crippen LogP contribution < -0.4 is 5.32 Å². The van der Waals surface area contributed by atoms with Crippen LogP contribution in [0.4, 0.5) is 0 Å². The number of halogens is 1. The summed E-state index contributed by atoms with van der Waals surface area (Å²) in [5.74, 6) is 0. The summed E-state index contributed by atoms with van der Waals surface area (Å²) >= 11 is 6.13. The van der Waals surface area contributed by atoms with Crippen LogP contribution >= 0.6 is 11.6 Å². The highest BCUT2D eigenvalue weighted by Crippen LogP contribution is 2.22. The van der Waals surface area contributed by atoms with Crippen LogP contribution in [-0.2, 0) is 6.54 Å². The average Bonchev–Trinajstić information content (AvgIpc) is 2.19. The summed E-state index contributed by atoms with van der Waals surface area (Å²) < 4.78 is 0. The van der Waals surface area contributed by atoms with Crippen molar-refractivity contribution in [2.45, 2.75) is 46.7 Å². The van der Waals surface area contributed by atoms with Crippen molar-refractivity contribution in [2.24, 2.45) is 5.41 Å². The molecule has 1 atom stereocenters. The largest absolute Gasteiger partial charge is 0.309 e. The molecule has 0 radical (unpaired) electrons. The van der Waals surface area contributed by atoms with Gasteiger partial charge in [0.2, 0.25) is 0 Å². The summed E-state index contributed by atoms with van der Waals surface area (Å²) in [6.45, 7) is 9.85. The Bertz CT molecular complexity index is 328. The quantitative estimate of drug-likeness (QED) is 0.828. The maximum absolute atomic E-state index is 6.13. The minimum absolute atomic E-state index is 0.288. The third kappa shape index (κ3) is 3.80. The first kappa shape index (κ1) is 13.5. The smallest absolute Gasteiger partial charge is 0.0450 e. The topological polar surface area (TPSA) is 12.0 Å². The van der Waals surface area contributed by atoms with Crippen molar-refractivity contribution in [1.82, 2.24) is 5.32 Å². The monoisotopic (exact) mass is 239 g/mol. The number of rotatable bonds is 4. The van der Waals surface area contributed by atoms with Gasteiger partial charge in [-0.1, -0.05) is 57.5 Å². The van der Waals surface area contributed by atoms with Gasteiger partial charge in [0.1, 0.15) is 0 Å². The van der Waals surface area contributed by atoms with E-state index in [9.17, 15) is 0 Å². The summed E-state index contributed by atoms with van der Waals surface area (Å²) in [5.41, 5.74) is 1.46. The molecular weight excluding hydrogens is 218 g/mol. The molecule has 90 valence electrons. The van der Waals surface area contributed by atoms with E-state index in [4.69, 9.17) is 11.6 Å². The minimum atomic E-state index is 0.288. The predicted molar refractivity (Wildman–Crippen MR) is 71.8 cm³/mol. The lowest BCUT2D eigenvalue weighted by Gasteiger charge is -2.31. The molecule has 0 fully saturated rings. The Morgan fingerprint density at radius 1 is 1.25 bits per heavy atom. The van der Waals surface area contributed by atoms with Crippen LogP contribution in [0.3, 0.4) is 0 Å². The summed E-state index contributed by atoms with van der Waals surface area (Å²) in [5, 5.41) is 4.43. The predicted octanol–water partition coefficient (Wildman–Crippen LogP) is 4.25. The Labute approximate surface area is 104 Å². The van der Waals surface area contributed by atoms with Crippen LogP contribution in [0.25, 0.3) is 0 Å². The number of nitrogens with one attached hydrogen (secondary N) is 1. The highest BCUT2D eigenvalue weighted by Gasteiger charge is 2.22. The molecule has 1 nitrogen and oxygen atoms in total. The van der Waals surface area contributed by atoms with E-state index < -0.39 is 0 Å². The Morgan fingerprint density at radius 2 is 1.88 bits per heavy atom. The summed E-state index contributed by atoms with van der Waals surface area (Å²) in [4.78, 5) is 0. The molecule has 0 spiro atoms. The van der Waals surface area contributed by atoms with E-state index in [1.54, 1.807) is 0 Å². The molecule has 1 aromatic rings. The van der Waals surface area contributed by atoms with E-state index >= 15 is 0 Å². The van der Waals surface area contributed by atoms with Crippen LogP contribution in [-0.4, -0.2) is 6.04 Å². The molecule has 0 saturated heterocycles. The molecule has 0 saturated carbocycles. The molecule has 0 amide bonds. The van der Waals surface area contributed by atoms with Crippen LogP contribution in [0.2, 0.25) is 5.02 Å². The molecule has 1 aromatic carbocycles. The van der Waals surface area contributed by atoms with Gasteiger partial charge in [0.05, 0.1) is 0 Å². The van der Waals surface area contributed by atoms with Gasteiger partial charge < -0.3 is 5.32 Å². The van der Waals surface area contributed by atoms with Crippen molar-refractivity contribution in [3.8, 4) is 0 Å². The molecule has 1 rings (SSSR count). The Kier molecular flexibility index (Phi) is 4.82. The number of hydrogen-bond acceptors (Lipinski definition) is 1. The number of hydrogen-bond donors (Lipinski definition) is 1. The van der Waals surface area contributed by atoms with Crippen LogP contribution in [0.15, 0.2) is 24.3 Å². The normalized spacial score (nSPS) is 13.8. The summed E-state index contributed by atoms with van der Waals surface area (Å²) in [7, 11) is 0. The van der Waals surface area contributed by atoms with Gasteiger partial charge in [0.25, 0.3) is 0 Å². The lowest BCUT2D eigenvalue weighted by Crippen LogP contribution is -2.39. The molecule has 0 heterocycles. The molecule has 0 aliphatic carbocycles. The zero-order valence-corrected chi connectivity index (χ0v) is 11.4. The van der Waals surface area contributed by atoms with E-state index in [1.807, 2.05) is 18.2 Å². The van der Waals surface area contributed by atoms with Gasteiger partial charge in [0.15, 0.2) is 0 Å². The van der Waals surface area contributed by atoms with E-state index in [2.05, 4.69) is 39.1 Å². The molecule has 0 bridgehead atoms. The van der Waals surface area contributed by atoms with Gasteiger partial charge in [-0.3, -0.25) is 0 Å². The van der Waals surface area contributed by atoms with Gasteiger partial charge in [-0.2, -0.15) is 0 Å². The van der Waals surface area contributed by atoms with Crippen molar-refractivity contribution in [3.63, 3.8) is 0 Å². The van der Waals surface area contributed by atoms with E-state index in [-0.39, 0.29) is 5.41 Å². The minimum Gasteiger partial charge on any atom is -0.309 e. The number of benzene rings is 1. The van der Waals surface area contributed by atoms with Crippen molar-refractivity contribution in [1.29, 1.82) is 0 Å². The fraction of sp³-hybridized carbons (Fsp3) is 0.571. The Hall–Kier alpha value is -0.530. The molecule has 16 heavy (non-hydrogen) atoms. The van der Waals surface area contributed by atoms with Crippen molar-refractivity contribution in [3.05, 3.63) is 34.9 Å². The Morgan fingerprint density at radius 3 is 2.38 bits per heavy atom. The zero-order valence-electron chi connectivity index (χ0n) is 10.7. The van der Waals surface area contributed by atoms with E-state index in [0.717, 1.165) is 18.0 Å². The fourth-order valence-electron chi connectivity index (χ4n) is 1.94. The van der Waals surface area contributed by atoms with Crippen LogP contribution in [0.1, 0.15) is 39.7 Å². The van der Waals surface area contributed by atoms with Crippen molar-refractivity contribution >= 4 is 11.6 Å². The highest BCUT2D eigenvalue weighted by atomic mass is 35.5. The van der Waals surface area contributed by atoms with Gasteiger partial charge >= 0.3 is 0 Å². The van der Waals surface area contributed by atoms with Crippen LogP contribution in [0, 0.1) is 5.41 Å². The maximum atomic E-state index is 6.13. The fourth-order valence-corrected chi connectivity index (χ4v) is 2.14. The third-order valence-corrected chi connectivity index (χ3v) is 3.32. The average molecular weight is 240 g/mol. The second kappa shape index (κ2) is 5.70. The van der Waals surface area contributed by atoms with Crippen molar-refractivity contribution < 1.29 is 0 Å².